The Morgan fingerprint density at radius 3 is 2.38 bits per heavy atom. The molecule has 1 aliphatic heterocycles. The first kappa shape index (κ1) is 10.2. The Bertz CT molecular complexity index is 296. The number of sulfone groups is 1. The van der Waals surface area contributed by atoms with Crippen LogP contribution in [-0.2, 0) is 14.6 Å². The van der Waals surface area contributed by atoms with E-state index in [0.717, 1.165) is 0 Å². The van der Waals surface area contributed by atoms with Crippen molar-refractivity contribution >= 4 is 22.0 Å². The molecule has 0 saturated carbocycles. The van der Waals surface area contributed by atoms with Crippen molar-refractivity contribution in [2.24, 2.45) is 0 Å². The largest absolute Gasteiger partial charge is 0.348 e. The van der Waals surface area contributed by atoms with Gasteiger partial charge >= 0.3 is 0 Å². The Morgan fingerprint density at radius 1 is 1.38 bits per heavy atom. The molecule has 1 amide bonds. The predicted molar refractivity (Wildman–Crippen MR) is 48.6 cm³/mol. The zero-order valence-electron chi connectivity index (χ0n) is 7.12. The molecule has 0 aromatic carbocycles. The summed E-state index contributed by atoms with van der Waals surface area (Å²) in [6, 6.07) is -0.0855. The summed E-state index contributed by atoms with van der Waals surface area (Å²) in [5.41, 5.74) is 0. The molecule has 1 saturated heterocycles. The van der Waals surface area contributed by atoms with Crippen LogP contribution in [0, 0.1) is 5.41 Å². The van der Waals surface area contributed by atoms with Gasteiger partial charge in [-0.3, -0.25) is 4.79 Å². The first-order valence-electron chi connectivity index (χ1n) is 4.05. The zero-order valence-corrected chi connectivity index (χ0v) is 7.93. The Labute approximate surface area is 76.9 Å². The van der Waals surface area contributed by atoms with Gasteiger partial charge in [-0.05, 0) is 12.8 Å². The molecule has 0 unspecified atom stereocenters. The summed E-state index contributed by atoms with van der Waals surface area (Å²) in [6.45, 7) is 0. The van der Waals surface area contributed by atoms with Gasteiger partial charge in [-0.25, -0.2) is 8.42 Å². The first-order chi connectivity index (χ1) is 6.03. The summed E-state index contributed by atoms with van der Waals surface area (Å²) in [6.07, 6.45) is 1.62. The number of carbonyl (C=O) groups excluding carboxylic acids is 1. The van der Waals surface area contributed by atoms with Gasteiger partial charge in [0.2, 0.25) is 0 Å². The van der Waals surface area contributed by atoms with Crippen molar-refractivity contribution in [3.8, 4) is 0 Å². The molecule has 0 aliphatic carbocycles. The molecule has 74 valence electrons. The molecule has 6 heteroatoms. The Morgan fingerprint density at radius 2 is 1.92 bits per heavy atom. The molecule has 0 bridgehead atoms. The van der Waals surface area contributed by atoms with Gasteiger partial charge in [-0.15, -0.1) is 0 Å². The lowest BCUT2D eigenvalue weighted by molar-refractivity contribution is -0.115. The molecule has 0 aromatic rings. The number of carbonyl (C=O) groups is 1. The second kappa shape index (κ2) is 3.87. The number of nitrogens with one attached hydrogen (secondary N) is 2. The second-order valence-electron chi connectivity index (χ2n) is 3.08. The number of amides is 1. The van der Waals surface area contributed by atoms with E-state index in [-0.39, 0.29) is 17.5 Å². The van der Waals surface area contributed by atoms with Crippen LogP contribution in [0.15, 0.2) is 0 Å². The highest BCUT2D eigenvalue weighted by molar-refractivity contribution is 7.91. The van der Waals surface area contributed by atoms with E-state index in [4.69, 9.17) is 5.41 Å². The van der Waals surface area contributed by atoms with Gasteiger partial charge in [0.25, 0.3) is 5.91 Å². The van der Waals surface area contributed by atoms with Crippen molar-refractivity contribution in [3.05, 3.63) is 0 Å². The Hall–Kier alpha value is -0.910. The van der Waals surface area contributed by atoms with E-state index < -0.39 is 15.7 Å². The molecule has 0 aromatic heterocycles. The third-order valence-electron chi connectivity index (χ3n) is 2.03. The molecule has 0 atom stereocenters. The predicted octanol–water partition coefficient (Wildman–Crippen LogP) is -0.671. The molecule has 2 N–H and O–H groups in total. The highest BCUT2D eigenvalue weighted by atomic mass is 32.2. The molecule has 5 nitrogen and oxygen atoms in total. The van der Waals surface area contributed by atoms with E-state index in [9.17, 15) is 13.2 Å². The SMILES string of the molecule is N=CC(=O)NC1CCS(=O)(=O)CC1. The molecule has 0 spiro atoms. The zero-order chi connectivity index (χ0) is 9.90. The molecule has 1 heterocycles. The molecular weight excluding hydrogens is 192 g/mol. The first-order valence-corrected chi connectivity index (χ1v) is 5.87. The monoisotopic (exact) mass is 204 g/mol. The molecule has 0 radical (unpaired) electrons. The summed E-state index contributed by atoms with van der Waals surface area (Å²) in [4.78, 5) is 10.7. The normalized spacial score (nSPS) is 22.2. The maximum atomic E-state index is 11.0. The lowest BCUT2D eigenvalue weighted by atomic mass is 10.1. The van der Waals surface area contributed by atoms with E-state index in [1.54, 1.807) is 0 Å². The van der Waals surface area contributed by atoms with Gasteiger partial charge in [-0.1, -0.05) is 0 Å². The topological polar surface area (TPSA) is 87.1 Å². The van der Waals surface area contributed by atoms with Crippen LogP contribution in [-0.4, -0.2) is 38.1 Å². The molecule has 1 aliphatic rings. The quantitative estimate of drug-likeness (QED) is 0.585. The van der Waals surface area contributed by atoms with Crippen LogP contribution in [0.5, 0.6) is 0 Å². The average molecular weight is 204 g/mol. The third kappa shape index (κ3) is 3.14. The highest BCUT2D eigenvalue weighted by Crippen LogP contribution is 2.11. The minimum atomic E-state index is -2.87. The molecule has 1 rings (SSSR count). The highest BCUT2D eigenvalue weighted by Gasteiger charge is 2.23. The van der Waals surface area contributed by atoms with Gasteiger partial charge in [-0.2, -0.15) is 0 Å². The van der Waals surface area contributed by atoms with Crippen molar-refractivity contribution in [3.63, 3.8) is 0 Å². The molecular formula is C7H12N2O3S. The lowest BCUT2D eigenvalue weighted by Gasteiger charge is -2.21. The van der Waals surface area contributed by atoms with Gasteiger partial charge in [0, 0.05) is 6.04 Å². The van der Waals surface area contributed by atoms with Crippen LogP contribution in [0.4, 0.5) is 0 Å². The Kier molecular flexibility index (Phi) is 3.02. The van der Waals surface area contributed by atoms with Crippen molar-refractivity contribution in [2.45, 2.75) is 18.9 Å². The number of hydrogen-bond donors (Lipinski definition) is 2. The fourth-order valence-electron chi connectivity index (χ4n) is 1.28. The maximum absolute atomic E-state index is 11.0. The smallest absolute Gasteiger partial charge is 0.261 e. The summed E-state index contributed by atoms with van der Waals surface area (Å²) >= 11 is 0. The van der Waals surface area contributed by atoms with Crippen LogP contribution in [0.25, 0.3) is 0 Å². The summed E-state index contributed by atoms with van der Waals surface area (Å²) in [5, 5.41) is 9.21. The van der Waals surface area contributed by atoms with Crippen LogP contribution < -0.4 is 5.32 Å². The third-order valence-corrected chi connectivity index (χ3v) is 3.75. The Balaban J connectivity index is 2.42. The van der Waals surface area contributed by atoms with Crippen molar-refractivity contribution < 1.29 is 13.2 Å². The summed E-state index contributed by atoms with van der Waals surface area (Å²) in [7, 11) is -2.87. The van der Waals surface area contributed by atoms with Crippen LogP contribution in [0.2, 0.25) is 0 Å². The van der Waals surface area contributed by atoms with Crippen molar-refractivity contribution in [1.29, 1.82) is 5.41 Å². The fourth-order valence-corrected chi connectivity index (χ4v) is 2.77. The van der Waals surface area contributed by atoms with Crippen molar-refractivity contribution in [2.75, 3.05) is 11.5 Å². The maximum Gasteiger partial charge on any atom is 0.261 e. The molecule has 13 heavy (non-hydrogen) atoms. The minimum absolute atomic E-state index is 0.0855. The van der Waals surface area contributed by atoms with E-state index in [1.807, 2.05) is 0 Å². The van der Waals surface area contributed by atoms with Gasteiger partial charge in [0.15, 0.2) is 0 Å². The summed E-state index contributed by atoms with van der Waals surface area (Å²) < 4.78 is 22.0. The van der Waals surface area contributed by atoms with Gasteiger partial charge in [0.1, 0.15) is 9.84 Å². The van der Waals surface area contributed by atoms with Crippen LogP contribution in [0.1, 0.15) is 12.8 Å². The van der Waals surface area contributed by atoms with Crippen LogP contribution in [0.3, 0.4) is 0 Å². The molecule has 1 fully saturated rings. The average Bonchev–Trinajstić information content (AvgIpc) is 2.08. The number of rotatable bonds is 2. The minimum Gasteiger partial charge on any atom is -0.348 e. The second-order valence-corrected chi connectivity index (χ2v) is 5.38. The lowest BCUT2D eigenvalue weighted by Crippen LogP contribution is -2.41. The van der Waals surface area contributed by atoms with Gasteiger partial charge in [0.05, 0.1) is 17.7 Å². The standard InChI is InChI=1S/C7H12N2O3S/c8-5-7(10)9-6-1-3-13(11,12)4-2-6/h5-6,8H,1-4H2,(H,9,10). The fraction of sp³-hybridized carbons (Fsp3) is 0.714. The van der Waals surface area contributed by atoms with Crippen LogP contribution >= 0.6 is 0 Å². The number of hydrogen-bond acceptors (Lipinski definition) is 4. The van der Waals surface area contributed by atoms with Crippen molar-refractivity contribution in [1.82, 2.24) is 5.32 Å². The van der Waals surface area contributed by atoms with E-state index >= 15 is 0 Å². The van der Waals surface area contributed by atoms with E-state index in [0.29, 0.717) is 19.1 Å². The van der Waals surface area contributed by atoms with E-state index in [1.165, 1.54) is 0 Å². The van der Waals surface area contributed by atoms with Gasteiger partial charge < -0.3 is 10.7 Å². The summed E-state index contributed by atoms with van der Waals surface area (Å²) in [5.74, 6) is -0.185. The van der Waals surface area contributed by atoms with E-state index in [2.05, 4.69) is 5.32 Å².